The zero-order chi connectivity index (χ0) is 9.15. The van der Waals surface area contributed by atoms with Crippen molar-refractivity contribution in [3.63, 3.8) is 0 Å². The van der Waals surface area contributed by atoms with E-state index >= 15 is 0 Å². The molecule has 1 aromatic rings. The lowest BCUT2D eigenvalue weighted by molar-refractivity contribution is -0.0210. The van der Waals surface area contributed by atoms with E-state index in [0.29, 0.717) is 0 Å². The molecule has 0 aliphatic carbocycles. The van der Waals surface area contributed by atoms with Gasteiger partial charge in [-0.3, -0.25) is 0 Å². The maximum absolute atomic E-state index is 5.91. The van der Waals surface area contributed by atoms with Crippen LogP contribution in [0.2, 0.25) is 0 Å². The topological polar surface area (TPSA) is 9.23 Å². The molecule has 1 aromatic carbocycles. The molecule has 0 amide bonds. The van der Waals surface area contributed by atoms with Gasteiger partial charge in [0.05, 0.1) is 5.22 Å². The smallest absolute Gasteiger partial charge is 0.375 e. The minimum atomic E-state index is 0. The molecule has 70 valence electrons. The molecule has 1 unspecified atom stereocenters. The lowest BCUT2D eigenvalue weighted by Crippen LogP contribution is -2.33. The van der Waals surface area contributed by atoms with Gasteiger partial charge in [0.2, 0.25) is 0 Å². The predicted molar refractivity (Wildman–Crippen MR) is 59.0 cm³/mol. The molecular formula is C11H17OSi+. The fraction of sp³-hybridized carbons (Fsp3) is 0.455. The molecule has 13 heavy (non-hydrogen) atoms. The third-order valence-corrected chi connectivity index (χ3v) is 4.22. The molecule has 0 spiro atoms. The molecule has 1 nitrogen and oxygen atoms in total. The second-order valence-corrected chi connectivity index (χ2v) is 5.52. The number of benzene rings is 1. The molecule has 1 fully saturated rings. The van der Waals surface area contributed by atoms with E-state index in [9.17, 15) is 0 Å². The van der Waals surface area contributed by atoms with Crippen molar-refractivity contribution in [3.8, 4) is 0 Å². The number of ether oxygens (including phenoxy) is 1. The average molecular weight is 193 g/mol. The highest BCUT2D eigenvalue weighted by Crippen LogP contribution is 2.31. The summed E-state index contributed by atoms with van der Waals surface area (Å²) in [6.45, 7) is 0.943. The first kappa shape index (κ1) is 8.97. The quantitative estimate of drug-likeness (QED) is 0.614. The van der Waals surface area contributed by atoms with Crippen LogP contribution in [0.4, 0.5) is 0 Å². The Morgan fingerprint density at radius 3 is 2.62 bits per heavy atom. The Hall–Kier alpha value is -0.603. The van der Waals surface area contributed by atoms with Gasteiger partial charge in [0.1, 0.15) is 0 Å². The molecule has 1 saturated heterocycles. The molecule has 2 heteroatoms. The van der Waals surface area contributed by atoms with Crippen molar-refractivity contribution < 1.29 is 6.16 Å². The summed E-state index contributed by atoms with van der Waals surface area (Å²) >= 11 is 0. The minimum Gasteiger partial charge on any atom is -0.375 e. The summed E-state index contributed by atoms with van der Waals surface area (Å²) in [5.41, 5.74) is 1.38. The van der Waals surface area contributed by atoms with Crippen LogP contribution in [-0.4, -0.2) is 16.8 Å². The molecule has 1 aliphatic rings. The standard InChI is InChI=1S/C11H16OSi/c13-11(8-4-5-9-12-11)10-6-2-1-3-7-10/h1-3,6-7H,4-5,8-9H2,13H3/p+1. The maximum atomic E-state index is 5.91. The minimum absolute atomic E-state index is 0. The second kappa shape index (κ2) is 3.64. The maximum Gasteiger partial charge on any atom is 1.00 e. The molecular weight excluding hydrogens is 176 g/mol. The van der Waals surface area contributed by atoms with Gasteiger partial charge in [-0.2, -0.15) is 0 Å². The lowest BCUT2D eigenvalue weighted by atomic mass is 10.0. The van der Waals surface area contributed by atoms with Gasteiger partial charge >= 0.3 is 1.43 Å². The van der Waals surface area contributed by atoms with Gasteiger partial charge < -0.3 is 4.74 Å². The molecule has 1 aliphatic heterocycles. The van der Waals surface area contributed by atoms with Crippen LogP contribution in [-0.2, 0) is 9.96 Å². The molecule has 0 aromatic heterocycles. The third kappa shape index (κ3) is 1.84. The third-order valence-electron chi connectivity index (χ3n) is 2.85. The van der Waals surface area contributed by atoms with Crippen LogP contribution >= 0.6 is 0 Å². The fourth-order valence-corrected chi connectivity index (χ4v) is 2.84. The summed E-state index contributed by atoms with van der Waals surface area (Å²) in [6.07, 6.45) is 3.76. The van der Waals surface area contributed by atoms with Crippen molar-refractivity contribution in [3.05, 3.63) is 35.9 Å². The largest absolute Gasteiger partial charge is 1.00 e. The van der Waals surface area contributed by atoms with E-state index in [4.69, 9.17) is 4.74 Å². The van der Waals surface area contributed by atoms with Crippen molar-refractivity contribution in [2.24, 2.45) is 0 Å². The van der Waals surface area contributed by atoms with Crippen LogP contribution in [0.5, 0.6) is 0 Å². The van der Waals surface area contributed by atoms with Gasteiger partial charge in [-0.15, -0.1) is 0 Å². The molecule has 0 saturated carbocycles. The molecule has 0 bridgehead atoms. The second-order valence-electron chi connectivity index (χ2n) is 3.90. The zero-order valence-corrected chi connectivity index (χ0v) is 10.1. The summed E-state index contributed by atoms with van der Waals surface area (Å²) in [4.78, 5) is 0. The Balaban J connectivity index is 0.000000980. The Morgan fingerprint density at radius 2 is 2.00 bits per heavy atom. The normalized spacial score (nSPS) is 28.9. The van der Waals surface area contributed by atoms with Crippen molar-refractivity contribution in [2.45, 2.75) is 24.5 Å². The predicted octanol–water partition coefficient (Wildman–Crippen LogP) is 1.52. The van der Waals surface area contributed by atoms with E-state index < -0.39 is 0 Å². The Bertz CT molecular complexity index is 270. The van der Waals surface area contributed by atoms with Crippen LogP contribution in [0.15, 0.2) is 30.3 Å². The Labute approximate surface area is 84.0 Å². The number of hydrogen-bond acceptors (Lipinski definition) is 1. The average Bonchev–Trinajstić information content (AvgIpc) is 2.20. The lowest BCUT2D eigenvalue weighted by Gasteiger charge is -2.34. The van der Waals surface area contributed by atoms with Crippen LogP contribution in [0, 0.1) is 0 Å². The van der Waals surface area contributed by atoms with E-state index in [1.54, 1.807) is 0 Å². The molecule has 1 heterocycles. The fourth-order valence-electron chi connectivity index (χ4n) is 1.95. The Kier molecular flexibility index (Phi) is 2.51. The number of hydrogen-bond donors (Lipinski definition) is 0. The van der Waals surface area contributed by atoms with Crippen LogP contribution in [0.25, 0.3) is 0 Å². The summed E-state index contributed by atoms with van der Waals surface area (Å²) in [6, 6.07) is 10.7. The van der Waals surface area contributed by atoms with Crippen molar-refractivity contribution in [2.75, 3.05) is 6.61 Å². The van der Waals surface area contributed by atoms with E-state index in [2.05, 4.69) is 30.3 Å². The first-order valence-electron chi connectivity index (χ1n) is 5.01. The molecule has 2 rings (SSSR count). The molecule has 0 radical (unpaired) electrons. The monoisotopic (exact) mass is 193 g/mol. The van der Waals surface area contributed by atoms with E-state index in [0.717, 1.165) is 16.8 Å². The highest BCUT2D eigenvalue weighted by molar-refractivity contribution is 6.14. The van der Waals surface area contributed by atoms with Gasteiger partial charge in [0.25, 0.3) is 0 Å². The van der Waals surface area contributed by atoms with Crippen molar-refractivity contribution in [1.29, 1.82) is 0 Å². The van der Waals surface area contributed by atoms with Gasteiger partial charge in [-0.05, 0) is 24.8 Å². The Morgan fingerprint density at radius 1 is 1.23 bits per heavy atom. The first-order valence-corrected chi connectivity index (χ1v) is 6.01. The number of rotatable bonds is 1. The SMILES string of the molecule is [H+].[SiH3]C1(c2ccccc2)CCCCO1. The van der Waals surface area contributed by atoms with Gasteiger partial charge in [-0.25, -0.2) is 0 Å². The van der Waals surface area contributed by atoms with Crippen LogP contribution < -0.4 is 0 Å². The van der Waals surface area contributed by atoms with Crippen LogP contribution in [0.3, 0.4) is 0 Å². The molecule has 1 atom stereocenters. The summed E-state index contributed by atoms with van der Waals surface area (Å²) in [7, 11) is 1.10. The van der Waals surface area contributed by atoms with Gasteiger partial charge in [0, 0.05) is 16.8 Å². The molecule has 0 N–H and O–H groups in total. The zero-order valence-electron chi connectivity index (χ0n) is 9.12. The van der Waals surface area contributed by atoms with E-state index in [1.807, 2.05) is 0 Å². The van der Waals surface area contributed by atoms with Gasteiger partial charge in [0.15, 0.2) is 0 Å². The van der Waals surface area contributed by atoms with Crippen molar-refractivity contribution >= 4 is 10.2 Å². The summed E-state index contributed by atoms with van der Waals surface area (Å²) in [5, 5.41) is 0.111. The van der Waals surface area contributed by atoms with E-state index in [-0.39, 0.29) is 6.65 Å². The van der Waals surface area contributed by atoms with E-state index in [1.165, 1.54) is 24.8 Å². The van der Waals surface area contributed by atoms with Crippen LogP contribution in [0.1, 0.15) is 26.3 Å². The first-order chi connectivity index (χ1) is 6.31. The highest BCUT2D eigenvalue weighted by Gasteiger charge is 2.28. The summed E-state index contributed by atoms with van der Waals surface area (Å²) in [5.74, 6) is 0. The summed E-state index contributed by atoms with van der Waals surface area (Å²) < 4.78 is 5.91. The highest BCUT2D eigenvalue weighted by atomic mass is 28.1. The van der Waals surface area contributed by atoms with Gasteiger partial charge in [-0.1, -0.05) is 30.3 Å². The van der Waals surface area contributed by atoms with Crippen molar-refractivity contribution in [1.82, 2.24) is 0 Å².